The van der Waals surface area contributed by atoms with E-state index in [2.05, 4.69) is 10.6 Å². The molecule has 0 unspecified atom stereocenters. The molecule has 0 heterocycles. The smallest absolute Gasteiger partial charge is 0.257 e. The van der Waals surface area contributed by atoms with Gasteiger partial charge in [-0.15, -0.1) is 0 Å². The van der Waals surface area contributed by atoms with Crippen molar-refractivity contribution in [2.24, 2.45) is 0 Å². The van der Waals surface area contributed by atoms with Crippen molar-refractivity contribution in [3.63, 3.8) is 0 Å². The average Bonchev–Trinajstić information content (AvgIpc) is 2.81. The topological polar surface area (TPSA) is 70.7 Å². The number of amides is 2. The van der Waals surface area contributed by atoms with Crippen molar-refractivity contribution in [3.8, 4) is 5.75 Å². The van der Waals surface area contributed by atoms with E-state index in [0.717, 1.165) is 11.4 Å². The molecule has 6 nitrogen and oxygen atoms in total. The van der Waals surface area contributed by atoms with E-state index in [9.17, 15) is 9.59 Å². The molecule has 0 aromatic heterocycles. The number of carbonyl (C=O) groups is 2. The van der Waals surface area contributed by atoms with Crippen LogP contribution in [0.3, 0.4) is 0 Å². The first kappa shape index (κ1) is 21.9. The molecule has 0 radical (unpaired) electrons. The van der Waals surface area contributed by atoms with Crippen LogP contribution in [0.4, 0.5) is 17.1 Å². The Balaban J connectivity index is 1.72. The number of anilines is 3. The Hall–Kier alpha value is -3.80. The summed E-state index contributed by atoms with van der Waals surface area (Å²) in [6.07, 6.45) is 0. The molecule has 0 saturated carbocycles. The molecule has 160 valence electrons. The lowest BCUT2D eigenvalue weighted by atomic mass is 10.1. The summed E-state index contributed by atoms with van der Waals surface area (Å²) in [5.41, 5.74) is 3.28. The van der Waals surface area contributed by atoms with Gasteiger partial charge in [-0.3, -0.25) is 9.59 Å². The summed E-state index contributed by atoms with van der Waals surface area (Å²) in [6, 6.07) is 21.7. The molecule has 2 N–H and O–H groups in total. The van der Waals surface area contributed by atoms with Crippen molar-refractivity contribution in [2.75, 3.05) is 30.8 Å². The number of hydrogen-bond donors (Lipinski definition) is 2. The van der Waals surface area contributed by atoms with E-state index in [0.29, 0.717) is 35.6 Å². The molecular weight excluding hydrogens is 390 g/mol. The molecular formula is C25H27N3O3. The minimum absolute atomic E-state index is 0.0167. The van der Waals surface area contributed by atoms with Crippen molar-refractivity contribution in [2.45, 2.75) is 13.8 Å². The summed E-state index contributed by atoms with van der Waals surface area (Å²) in [6.45, 7) is 5.22. The summed E-state index contributed by atoms with van der Waals surface area (Å²) >= 11 is 0. The summed E-state index contributed by atoms with van der Waals surface area (Å²) in [5.74, 6) is 0.510. The van der Waals surface area contributed by atoms with Gasteiger partial charge in [0, 0.05) is 30.0 Å². The van der Waals surface area contributed by atoms with Gasteiger partial charge in [0.15, 0.2) is 0 Å². The third-order valence-electron chi connectivity index (χ3n) is 4.98. The third-order valence-corrected chi connectivity index (χ3v) is 4.98. The van der Waals surface area contributed by atoms with Crippen LogP contribution in [0.15, 0.2) is 72.8 Å². The molecule has 0 atom stereocenters. The maximum Gasteiger partial charge on any atom is 0.257 e. The number of ether oxygens (including phenoxy) is 1. The highest BCUT2D eigenvalue weighted by atomic mass is 16.5. The number of rotatable bonds is 8. The van der Waals surface area contributed by atoms with Gasteiger partial charge >= 0.3 is 0 Å². The highest BCUT2D eigenvalue weighted by Gasteiger charge is 2.14. The predicted octanol–water partition coefficient (Wildman–Crippen LogP) is 5.17. The number of methoxy groups -OCH3 is 1. The van der Waals surface area contributed by atoms with E-state index in [1.165, 1.54) is 0 Å². The number of nitrogens with one attached hydrogen (secondary N) is 2. The lowest BCUT2D eigenvalue weighted by Gasteiger charge is -2.18. The number of para-hydroxylation sites is 1. The molecule has 0 aliphatic heterocycles. The van der Waals surface area contributed by atoms with Gasteiger partial charge in [0.05, 0.1) is 18.4 Å². The molecule has 0 spiro atoms. The van der Waals surface area contributed by atoms with Crippen LogP contribution in [0.1, 0.15) is 34.6 Å². The van der Waals surface area contributed by atoms with Gasteiger partial charge in [0.1, 0.15) is 5.75 Å². The number of benzene rings is 3. The molecule has 3 aromatic carbocycles. The Labute approximate surface area is 182 Å². The van der Waals surface area contributed by atoms with Gasteiger partial charge in [-0.05, 0) is 74.5 Å². The first-order chi connectivity index (χ1) is 15.0. The Morgan fingerprint density at radius 2 is 1.45 bits per heavy atom. The average molecular weight is 418 g/mol. The number of hydrogen-bond acceptors (Lipinski definition) is 4. The van der Waals surface area contributed by atoms with Crippen molar-refractivity contribution >= 4 is 28.9 Å². The van der Waals surface area contributed by atoms with Crippen molar-refractivity contribution in [1.82, 2.24) is 4.90 Å². The Morgan fingerprint density at radius 3 is 2.06 bits per heavy atom. The zero-order valence-corrected chi connectivity index (χ0v) is 18.0. The van der Waals surface area contributed by atoms with Crippen LogP contribution in [-0.2, 0) is 0 Å². The van der Waals surface area contributed by atoms with Crippen LogP contribution in [0.25, 0.3) is 0 Å². The van der Waals surface area contributed by atoms with Crippen LogP contribution in [-0.4, -0.2) is 36.9 Å². The monoisotopic (exact) mass is 417 g/mol. The Morgan fingerprint density at radius 1 is 0.839 bits per heavy atom. The van der Waals surface area contributed by atoms with E-state index in [1.807, 2.05) is 56.3 Å². The SMILES string of the molecule is CCN(CC)C(=O)c1ccc(NC(=O)c2ccccc2Nc2ccc(OC)cc2)cc1. The lowest BCUT2D eigenvalue weighted by Crippen LogP contribution is -2.30. The number of carbonyl (C=O) groups excluding carboxylic acids is 2. The summed E-state index contributed by atoms with van der Waals surface area (Å²) in [7, 11) is 1.62. The van der Waals surface area contributed by atoms with Crippen LogP contribution in [0.2, 0.25) is 0 Å². The lowest BCUT2D eigenvalue weighted by molar-refractivity contribution is 0.0773. The van der Waals surface area contributed by atoms with Crippen LogP contribution >= 0.6 is 0 Å². The minimum Gasteiger partial charge on any atom is -0.497 e. The predicted molar refractivity (Wildman–Crippen MR) is 124 cm³/mol. The van der Waals surface area contributed by atoms with Gasteiger partial charge in [-0.1, -0.05) is 12.1 Å². The van der Waals surface area contributed by atoms with Crippen molar-refractivity contribution in [3.05, 3.63) is 83.9 Å². The molecule has 3 rings (SSSR count). The molecule has 0 fully saturated rings. The maximum atomic E-state index is 12.9. The van der Waals surface area contributed by atoms with E-state index >= 15 is 0 Å². The first-order valence-corrected chi connectivity index (χ1v) is 10.3. The van der Waals surface area contributed by atoms with E-state index in [1.54, 1.807) is 42.3 Å². The van der Waals surface area contributed by atoms with Crippen molar-refractivity contribution < 1.29 is 14.3 Å². The van der Waals surface area contributed by atoms with Crippen LogP contribution in [0.5, 0.6) is 5.75 Å². The van der Waals surface area contributed by atoms with Gasteiger partial charge in [0.25, 0.3) is 11.8 Å². The minimum atomic E-state index is -0.237. The van der Waals surface area contributed by atoms with Gasteiger partial charge < -0.3 is 20.3 Å². The zero-order chi connectivity index (χ0) is 22.2. The zero-order valence-electron chi connectivity index (χ0n) is 18.0. The first-order valence-electron chi connectivity index (χ1n) is 10.3. The fourth-order valence-electron chi connectivity index (χ4n) is 3.21. The third kappa shape index (κ3) is 5.42. The summed E-state index contributed by atoms with van der Waals surface area (Å²) in [5, 5.41) is 6.18. The quantitative estimate of drug-likeness (QED) is 0.530. The van der Waals surface area contributed by atoms with Crippen LogP contribution < -0.4 is 15.4 Å². The highest BCUT2D eigenvalue weighted by molar-refractivity contribution is 6.08. The second-order valence-corrected chi connectivity index (χ2v) is 6.91. The van der Waals surface area contributed by atoms with Gasteiger partial charge in [-0.2, -0.15) is 0 Å². The fourth-order valence-corrected chi connectivity index (χ4v) is 3.21. The molecule has 6 heteroatoms. The van der Waals surface area contributed by atoms with E-state index in [4.69, 9.17) is 4.74 Å². The fraction of sp³-hybridized carbons (Fsp3) is 0.200. The molecule has 0 aliphatic carbocycles. The second kappa shape index (κ2) is 10.3. The van der Waals surface area contributed by atoms with Gasteiger partial charge in [-0.25, -0.2) is 0 Å². The normalized spacial score (nSPS) is 10.3. The molecule has 0 saturated heterocycles. The summed E-state index contributed by atoms with van der Waals surface area (Å²) in [4.78, 5) is 27.1. The van der Waals surface area contributed by atoms with Crippen molar-refractivity contribution in [1.29, 1.82) is 0 Å². The van der Waals surface area contributed by atoms with E-state index in [-0.39, 0.29) is 11.8 Å². The molecule has 31 heavy (non-hydrogen) atoms. The molecule has 3 aromatic rings. The largest absolute Gasteiger partial charge is 0.497 e. The summed E-state index contributed by atoms with van der Waals surface area (Å²) < 4.78 is 5.18. The van der Waals surface area contributed by atoms with Gasteiger partial charge in [0.2, 0.25) is 0 Å². The maximum absolute atomic E-state index is 12.9. The molecule has 2 amide bonds. The Kier molecular flexibility index (Phi) is 7.27. The number of nitrogens with zero attached hydrogens (tertiary/aromatic N) is 1. The van der Waals surface area contributed by atoms with Crippen LogP contribution in [0, 0.1) is 0 Å². The molecule has 0 bridgehead atoms. The Bertz CT molecular complexity index is 1030. The second-order valence-electron chi connectivity index (χ2n) is 6.91. The molecule has 0 aliphatic rings. The highest BCUT2D eigenvalue weighted by Crippen LogP contribution is 2.24. The van der Waals surface area contributed by atoms with E-state index < -0.39 is 0 Å². The standard InChI is InChI=1S/C25H27N3O3/c1-4-28(5-2)25(30)18-10-12-20(13-11-18)27-24(29)22-8-6-7-9-23(22)26-19-14-16-21(31-3)17-15-19/h6-17,26H,4-5H2,1-3H3,(H,27,29).